The lowest BCUT2D eigenvalue weighted by Gasteiger charge is -2.07. The Kier molecular flexibility index (Phi) is 3.50. The molecule has 0 aliphatic heterocycles. The number of sulfonamides is 1. The number of benzene rings is 1. The summed E-state index contributed by atoms with van der Waals surface area (Å²) in [6.07, 6.45) is 3.73. The third-order valence-electron chi connectivity index (χ3n) is 2.96. The molecule has 2 N–H and O–H groups in total. The van der Waals surface area contributed by atoms with E-state index in [0.29, 0.717) is 0 Å². The third kappa shape index (κ3) is 2.62. The summed E-state index contributed by atoms with van der Waals surface area (Å²) in [7, 11) is -3.95. The molecule has 5 nitrogen and oxygen atoms in total. The van der Waals surface area contributed by atoms with E-state index in [1.807, 2.05) is 0 Å². The van der Waals surface area contributed by atoms with Crippen LogP contribution in [0.1, 0.15) is 0 Å². The van der Waals surface area contributed by atoms with Gasteiger partial charge >= 0.3 is 0 Å². The van der Waals surface area contributed by atoms with E-state index in [0.717, 1.165) is 18.3 Å². The van der Waals surface area contributed by atoms with Gasteiger partial charge in [0.25, 0.3) is 10.0 Å². The second kappa shape index (κ2) is 5.22. The van der Waals surface area contributed by atoms with E-state index in [1.54, 1.807) is 0 Å². The van der Waals surface area contributed by atoms with Gasteiger partial charge in [0, 0.05) is 30.0 Å². The fourth-order valence-electron chi connectivity index (χ4n) is 1.94. The van der Waals surface area contributed by atoms with Crippen molar-refractivity contribution in [2.75, 3.05) is 4.72 Å². The van der Waals surface area contributed by atoms with Crippen molar-refractivity contribution in [1.29, 1.82) is 0 Å². The lowest BCUT2D eigenvalue weighted by molar-refractivity contribution is 0.511. The second-order valence-electron chi connectivity index (χ2n) is 4.46. The van der Waals surface area contributed by atoms with Gasteiger partial charge < -0.3 is 4.98 Å². The molecule has 9 heteroatoms. The maximum Gasteiger partial charge on any atom is 0.263 e. The Morgan fingerprint density at radius 3 is 2.59 bits per heavy atom. The molecule has 0 aliphatic rings. The van der Waals surface area contributed by atoms with Gasteiger partial charge in [-0.1, -0.05) is 11.6 Å². The predicted octanol–water partition coefficient (Wildman–Crippen LogP) is 3.30. The van der Waals surface area contributed by atoms with Crippen molar-refractivity contribution in [2.24, 2.45) is 0 Å². The van der Waals surface area contributed by atoms with E-state index in [1.165, 1.54) is 18.5 Å². The average molecular weight is 344 g/mol. The highest BCUT2D eigenvalue weighted by Gasteiger charge is 2.18. The molecule has 0 aliphatic carbocycles. The standard InChI is InChI=1S/C13H8ClF2N3O2S/c14-7-1-8(5-17-4-7)22(20,21)19-13-6-18-12-3-11(16)10(15)2-9(12)13/h1-6,18-19H. The van der Waals surface area contributed by atoms with Crippen molar-refractivity contribution in [3.05, 3.63) is 53.4 Å². The van der Waals surface area contributed by atoms with Crippen LogP contribution in [-0.2, 0) is 10.0 Å². The largest absolute Gasteiger partial charge is 0.359 e. The van der Waals surface area contributed by atoms with Gasteiger partial charge in [0.1, 0.15) is 4.90 Å². The molecule has 22 heavy (non-hydrogen) atoms. The fraction of sp³-hybridized carbons (Fsp3) is 0. The number of pyridine rings is 1. The molecule has 0 spiro atoms. The zero-order chi connectivity index (χ0) is 15.9. The lowest BCUT2D eigenvalue weighted by Crippen LogP contribution is -2.13. The summed E-state index contributed by atoms with van der Waals surface area (Å²) >= 11 is 5.71. The number of nitrogens with zero attached hydrogens (tertiary/aromatic N) is 1. The number of aromatic amines is 1. The first-order valence-electron chi connectivity index (χ1n) is 5.96. The van der Waals surface area contributed by atoms with E-state index in [-0.39, 0.29) is 26.5 Å². The summed E-state index contributed by atoms with van der Waals surface area (Å²) < 4.78 is 53.3. The number of fused-ring (bicyclic) bond motifs is 1. The Balaban J connectivity index is 2.04. The zero-order valence-electron chi connectivity index (χ0n) is 10.8. The molecule has 0 fully saturated rings. The van der Waals surface area contributed by atoms with E-state index in [9.17, 15) is 17.2 Å². The Labute approximate surface area is 129 Å². The molecule has 0 atom stereocenters. The summed E-state index contributed by atoms with van der Waals surface area (Å²) in [6.45, 7) is 0. The second-order valence-corrected chi connectivity index (χ2v) is 6.58. The number of aromatic nitrogens is 2. The van der Waals surface area contributed by atoms with Gasteiger partial charge in [0.05, 0.1) is 16.2 Å². The molecule has 0 saturated carbocycles. The summed E-state index contributed by atoms with van der Waals surface area (Å²) in [4.78, 5) is 6.22. The van der Waals surface area contributed by atoms with Crippen LogP contribution < -0.4 is 4.72 Å². The Bertz CT molecular complexity index is 973. The minimum atomic E-state index is -3.95. The molecule has 1 aromatic carbocycles. The normalized spacial score (nSPS) is 11.8. The third-order valence-corrected chi connectivity index (χ3v) is 4.50. The van der Waals surface area contributed by atoms with Gasteiger partial charge in [0.2, 0.25) is 0 Å². The van der Waals surface area contributed by atoms with Crippen LogP contribution in [0.3, 0.4) is 0 Å². The van der Waals surface area contributed by atoms with Gasteiger partial charge in [-0.15, -0.1) is 0 Å². The molecule has 0 unspecified atom stereocenters. The van der Waals surface area contributed by atoms with Gasteiger partial charge in [0.15, 0.2) is 11.6 Å². The minimum absolute atomic E-state index is 0.0916. The number of nitrogens with one attached hydrogen (secondary N) is 2. The van der Waals surface area contributed by atoms with Crippen LogP contribution in [0.4, 0.5) is 14.5 Å². The van der Waals surface area contributed by atoms with Crippen LogP contribution in [-0.4, -0.2) is 18.4 Å². The summed E-state index contributed by atoms with van der Waals surface area (Å²) in [6, 6.07) is 3.09. The predicted molar refractivity (Wildman–Crippen MR) is 78.3 cm³/mol. The molecule has 0 radical (unpaired) electrons. The Hall–Kier alpha value is -2.19. The zero-order valence-corrected chi connectivity index (χ0v) is 12.3. The highest BCUT2D eigenvalue weighted by Crippen LogP contribution is 2.27. The lowest BCUT2D eigenvalue weighted by atomic mass is 10.2. The molecule has 3 rings (SSSR count). The number of anilines is 1. The SMILES string of the molecule is O=S(=O)(Nc1c[nH]c2cc(F)c(F)cc12)c1cncc(Cl)c1. The van der Waals surface area contributed by atoms with Crippen molar-refractivity contribution in [2.45, 2.75) is 4.90 Å². The molecule has 0 bridgehead atoms. The first-order chi connectivity index (χ1) is 10.4. The first kappa shape index (κ1) is 14.7. The van der Waals surface area contributed by atoms with Gasteiger partial charge in [-0.2, -0.15) is 0 Å². The van der Waals surface area contributed by atoms with E-state index in [2.05, 4.69) is 14.7 Å². The highest BCUT2D eigenvalue weighted by molar-refractivity contribution is 7.92. The molecule has 2 heterocycles. The van der Waals surface area contributed by atoms with E-state index < -0.39 is 21.7 Å². The van der Waals surface area contributed by atoms with Crippen molar-refractivity contribution < 1.29 is 17.2 Å². The van der Waals surface area contributed by atoms with E-state index in [4.69, 9.17) is 11.6 Å². The molecular formula is C13H8ClF2N3O2S. The van der Waals surface area contributed by atoms with Gasteiger partial charge in [-0.3, -0.25) is 9.71 Å². The van der Waals surface area contributed by atoms with Crippen molar-refractivity contribution in [3.8, 4) is 0 Å². The Morgan fingerprint density at radius 2 is 1.86 bits per heavy atom. The summed E-state index contributed by atoms with van der Waals surface area (Å²) in [5.41, 5.74) is 0.356. The smallest absolute Gasteiger partial charge is 0.263 e. The van der Waals surface area contributed by atoms with Crippen LogP contribution in [0.2, 0.25) is 5.02 Å². The molecule has 3 aromatic rings. The van der Waals surface area contributed by atoms with Crippen LogP contribution >= 0.6 is 11.6 Å². The van der Waals surface area contributed by atoms with Crippen molar-refractivity contribution >= 4 is 38.2 Å². The van der Waals surface area contributed by atoms with Crippen LogP contribution in [0.15, 0.2) is 41.7 Å². The van der Waals surface area contributed by atoms with E-state index >= 15 is 0 Å². The van der Waals surface area contributed by atoms with Gasteiger partial charge in [-0.05, 0) is 12.1 Å². The topological polar surface area (TPSA) is 74.8 Å². The quantitative estimate of drug-likeness (QED) is 0.766. The highest BCUT2D eigenvalue weighted by atomic mass is 35.5. The Morgan fingerprint density at radius 1 is 1.14 bits per heavy atom. The molecule has 0 saturated heterocycles. The number of halogens is 3. The molecule has 114 valence electrons. The minimum Gasteiger partial charge on any atom is -0.359 e. The van der Waals surface area contributed by atoms with Crippen molar-refractivity contribution in [1.82, 2.24) is 9.97 Å². The maximum absolute atomic E-state index is 13.3. The van der Waals surface area contributed by atoms with Crippen LogP contribution in [0.25, 0.3) is 10.9 Å². The average Bonchev–Trinajstić information content (AvgIpc) is 2.81. The van der Waals surface area contributed by atoms with Crippen LogP contribution in [0, 0.1) is 11.6 Å². The number of rotatable bonds is 3. The number of hydrogen-bond acceptors (Lipinski definition) is 3. The first-order valence-corrected chi connectivity index (χ1v) is 7.82. The molecule has 2 aromatic heterocycles. The van der Waals surface area contributed by atoms with Gasteiger partial charge in [-0.25, -0.2) is 17.2 Å². The maximum atomic E-state index is 13.3. The molecular weight excluding hydrogens is 336 g/mol. The van der Waals surface area contributed by atoms with Crippen LogP contribution in [0.5, 0.6) is 0 Å². The molecule has 0 amide bonds. The monoisotopic (exact) mass is 343 g/mol. The van der Waals surface area contributed by atoms with Crippen molar-refractivity contribution in [3.63, 3.8) is 0 Å². The fourth-order valence-corrected chi connectivity index (χ4v) is 3.24. The summed E-state index contributed by atoms with van der Waals surface area (Å²) in [5.74, 6) is -2.10. The number of H-pyrrole nitrogens is 1. The number of hydrogen-bond donors (Lipinski definition) is 2. The summed E-state index contributed by atoms with van der Waals surface area (Å²) in [5, 5.41) is 0.368.